The topological polar surface area (TPSA) is 72.7 Å². The molecule has 2 aromatic rings. The van der Waals surface area contributed by atoms with E-state index in [0.29, 0.717) is 16.8 Å². The van der Waals surface area contributed by atoms with Gasteiger partial charge in [-0.3, -0.25) is 4.79 Å². The molecule has 1 amide bonds. The Labute approximate surface area is 151 Å². The van der Waals surface area contributed by atoms with Crippen LogP contribution >= 0.6 is 11.8 Å². The largest absolute Gasteiger partial charge is 0.353 e. The zero-order chi connectivity index (χ0) is 17.2. The van der Waals surface area contributed by atoms with E-state index in [1.807, 2.05) is 30.3 Å². The van der Waals surface area contributed by atoms with Gasteiger partial charge in [0, 0.05) is 6.04 Å². The highest BCUT2D eigenvalue weighted by Gasteiger charge is 2.42. The molecule has 132 valence electrons. The van der Waals surface area contributed by atoms with Crippen molar-refractivity contribution in [3.05, 3.63) is 30.3 Å². The Hall–Kier alpha value is -1.89. The first kappa shape index (κ1) is 16.6. The predicted octanol–water partition coefficient (Wildman–Crippen LogP) is 2.70. The van der Waals surface area contributed by atoms with Crippen LogP contribution in [0.1, 0.15) is 32.6 Å². The fourth-order valence-corrected chi connectivity index (χ4v) is 5.14. The summed E-state index contributed by atoms with van der Waals surface area (Å²) in [5.74, 6) is 2.76. The van der Waals surface area contributed by atoms with E-state index in [2.05, 4.69) is 27.8 Å². The van der Waals surface area contributed by atoms with Gasteiger partial charge in [0.2, 0.25) is 11.1 Å². The van der Waals surface area contributed by atoms with E-state index >= 15 is 0 Å². The number of thioether (sulfide) groups is 1. The molecule has 2 saturated carbocycles. The summed E-state index contributed by atoms with van der Waals surface area (Å²) in [6.45, 7) is 2.15. The molecule has 1 aromatic carbocycles. The lowest BCUT2D eigenvalue weighted by Gasteiger charge is -2.28. The summed E-state index contributed by atoms with van der Waals surface area (Å²) in [5, 5.41) is 15.6. The van der Waals surface area contributed by atoms with Crippen molar-refractivity contribution in [2.24, 2.45) is 17.8 Å². The molecule has 7 heteroatoms. The van der Waals surface area contributed by atoms with E-state index in [9.17, 15) is 4.79 Å². The van der Waals surface area contributed by atoms with Gasteiger partial charge >= 0.3 is 0 Å². The standard InChI is InChI=1S/C18H23N5OS/c1-12(16-10-13-7-8-14(16)9-13)19-17(24)11-25-18-20-21-22-23(18)15-5-3-2-4-6-15/h2-6,12-14,16H,7-11H2,1H3,(H,19,24)/t12-,13-,14-,16+/m0/s1. The Bertz CT molecular complexity index is 734. The molecule has 2 fully saturated rings. The van der Waals surface area contributed by atoms with Gasteiger partial charge in [0.25, 0.3) is 0 Å². The number of nitrogens with zero attached hydrogens (tertiary/aromatic N) is 4. The lowest BCUT2D eigenvalue weighted by atomic mass is 9.84. The molecule has 2 aliphatic rings. The maximum absolute atomic E-state index is 12.3. The molecule has 25 heavy (non-hydrogen) atoms. The zero-order valence-electron chi connectivity index (χ0n) is 14.3. The molecule has 0 radical (unpaired) electrons. The van der Waals surface area contributed by atoms with E-state index in [1.54, 1.807) is 4.68 Å². The molecular formula is C18H23N5OS. The number of carbonyl (C=O) groups is 1. The van der Waals surface area contributed by atoms with Crippen molar-refractivity contribution in [3.8, 4) is 5.69 Å². The van der Waals surface area contributed by atoms with Crippen LogP contribution in [-0.2, 0) is 4.79 Å². The second-order valence-corrected chi connectivity index (χ2v) is 8.13. The lowest BCUT2D eigenvalue weighted by molar-refractivity contribution is -0.119. The Morgan fingerprint density at radius 2 is 2.16 bits per heavy atom. The fourth-order valence-electron chi connectivity index (χ4n) is 4.44. The number of aromatic nitrogens is 4. The normalized spacial score (nSPS) is 25.9. The Morgan fingerprint density at radius 1 is 1.32 bits per heavy atom. The van der Waals surface area contributed by atoms with Gasteiger partial charge in [0.05, 0.1) is 11.4 Å². The maximum Gasteiger partial charge on any atom is 0.230 e. The Balaban J connectivity index is 1.32. The predicted molar refractivity (Wildman–Crippen MR) is 96.4 cm³/mol. The van der Waals surface area contributed by atoms with E-state index in [-0.39, 0.29) is 11.9 Å². The SMILES string of the molecule is C[C@H](NC(=O)CSc1nnnn1-c1ccccc1)[C@H]1C[C@H]2CC[C@H]1C2. The van der Waals surface area contributed by atoms with E-state index in [1.165, 1.54) is 37.4 Å². The number of carbonyl (C=O) groups excluding carboxylic acids is 1. The minimum absolute atomic E-state index is 0.0582. The van der Waals surface area contributed by atoms with Gasteiger partial charge < -0.3 is 5.32 Å². The fraction of sp³-hybridized carbons (Fsp3) is 0.556. The number of nitrogens with one attached hydrogen (secondary N) is 1. The van der Waals surface area contributed by atoms with Gasteiger partial charge in [0.15, 0.2) is 0 Å². The second kappa shape index (κ2) is 7.15. The summed E-state index contributed by atoms with van der Waals surface area (Å²) in [5.41, 5.74) is 0.894. The van der Waals surface area contributed by atoms with Crippen LogP contribution in [-0.4, -0.2) is 37.9 Å². The third-order valence-corrected chi connectivity index (χ3v) is 6.52. The zero-order valence-corrected chi connectivity index (χ0v) is 15.2. The van der Waals surface area contributed by atoms with Crippen LogP contribution in [0.5, 0.6) is 0 Å². The molecule has 0 saturated heterocycles. The number of hydrogen-bond donors (Lipinski definition) is 1. The van der Waals surface area contributed by atoms with Crippen molar-refractivity contribution in [1.82, 2.24) is 25.5 Å². The number of amides is 1. The first-order valence-corrected chi connectivity index (χ1v) is 9.95. The first-order valence-electron chi connectivity index (χ1n) is 8.96. The van der Waals surface area contributed by atoms with E-state index < -0.39 is 0 Å². The van der Waals surface area contributed by atoms with Crippen molar-refractivity contribution < 1.29 is 4.79 Å². The molecule has 2 aliphatic carbocycles. The molecule has 1 heterocycles. The molecule has 2 bridgehead atoms. The van der Waals surface area contributed by atoms with Crippen molar-refractivity contribution >= 4 is 17.7 Å². The van der Waals surface area contributed by atoms with Gasteiger partial charge in [-0.1, -0.05) is 36.4 Å². The highest BCUT2D eigenvalue weighted by molar-refractivity contribution is 7.99. The third-order valence-electron chi connectivity index (χ3n) is 5.60. The number of para-hydroxylation sites is 1. The quantitative estimate of drug-likeness (QED) is 0.805. The summed E-state index contributed by atoms with van der Waals surface area (Å²) >= 11 is 1.37. The Kier molecular flexibility index (Phi) is 4.74. The summed E-state index contributed by atoms with van der Waals surface area (Å²) < 4.78 is 1.66. The summed E-state index contributed by atoms with van der Waals surface area (Å²) in [7, 11) is 0. The monoisotopic (exact) mass is 357 g/mol. The van der Waals surface area contributed by atoms with Crippen LogP contribution in [0.25, 0.3) is 5.69 Å². The van der Waals surface area contributed by atoms with Gasteiger partial charge in [-0.25, -0.2) is 0 Å². The number of rotatable bonds is 6. The molecule has 1 N–H and O–H groups in total. The number of tetrazole rings is 1. The molecule has 0 unspecified atom stereocenters. The number of hydrogen-bond acceptors (Lipinski definition) is 5. The average molecular weight is 357 g/mol. The lowest BCUT2D eigenvalue weighted by Crippen LogP contribution is -2.40. The highest BCUT2D eigenvalue weighted by atomic mass is 32.2. The minimum atomic E-state index is 0.0582. The molecule has 6 nitrogen and oxygen atoms in total. The average Bonchev–Trinajstić information content (AvgIpc) is 3.37. The maximum atomic E-state index is 12.3. The Morgan fingerprint density at radius 3 is 2.88 bits per heavy atom. The summed E-state index contributed by atoms with van der Waals surface area (Å²) in [6, 6.07) is 9.97. The van der Waals surface area contributed by atoms with Crippen LogP contribution < -0.4 is 5.32 Å². The van der Waals surface area contributed by atoms with Gasteiger partial charge in [-0.15, -0.1) is 5.10 Å². The third kappa shape index (κ3) is 3.56. The van der Waals surface area contributed by atoms with Crippen LogP contribution in [0, 0.1) is 17.8 Å². The molecule has 4 rings (SSSR count). The van der Waals surface area contributed by atoms with Crippen molar-refractivity contribution in [2.75, 3.05) is 5.75 Å². The van der Waals surface area contributed by atoms with Crippen molar-refractivity contribution in [3.63, 3.8) is 0 Å². The van der Waals surface area contributed by atoms with Crippen LogP contribution in [0.4, 0.5) is 0 Å². The van der Waals surface area contributed by atoms with Crippen LogP contribution in [0.15, 0.2) is 35.5 Å². The number of fused-ring (bicyclic) bond motifs is 2. The van der Waals surface area contributed by atoms with Crippen LogP contribution in [0.3, 0.4) is 0 Å². The molecule has 4 atom stereocenters. The minimum Gasteiger partial charge on any atom is -0.353 e. The molecule has 0 aliphatic heterocycles. The number of benzene rings is 1. The first-order chi connectivity index (χ1) is 12.2. The molecule has 0 spiro atoms. The van der Waals surface area contributed by atoms with E-state index in [0.717, 1.165) is 17.5 Å². The highest BCUT2D eigenvalue weighted by Crippen LogP contribution is 2.49. The smallest absolute Gasteiger partial charge is 0.230 e. The van der Waals surface area contributed by atoms with Crippen molar-refractivity contribution in [2.45, 2.75) is 43.8 Å². The van der Waals surface area contributed by atoms with Crippen LogP contribution in [0.2, 0.25) is 0 Å². The van der Waals surface area contributed by atoms with E-state index in [4.69, 9.17) is 0 Å². The van der Waals surface area contributed by atoms with Gasteiger partial charge in [-0.05, 0) is 66.5 Å². The molecular weight excluding hydrogens is 334 g/mol. The summed E-state index contributed by atoms with van der Waals surface area (Å²) in [6.07, 6.45) is 5.38. The van der Waals surface area contributed by atoms with Gasteiger partial charge in [0.1, 0.15) is 0 Å². The second-order valence-electron chi connectivity index (χ2n) is 7.19. The summed E-state index contributed by atoms with van der Waals surface area (Å²) in [4.78, 5) is 12.3. The van der Waals surface area contributed by atoms with Gasteiger partial charge in [-0.2, -0.15) is 4.68 Å². The molecule has 1 aromatic heterocycles. The van der Waals surface area contributed by atoms with Crippen molar-refractivity contribution in [1.29, 1.82) is 0 Å².